The van der Waals surface area contributed by atoms with Crippen molar-refractivity contribution in [3.05, 3.63) is 69.2 Å². The molecule has 3 aromatic rings. The molecule has 2 aliphatic rings. The van der Waals surface area contributed by atoms with Crippen LogP contribution in [0.1, 0.15) is 56.3 Å². The summed E-state index contributed by atoms with van der Waals surface area (Å²) >= 11 is 9.43. The van der Waals surface area contributed by atoms with Crippen LogP contribution < -0.4 is 10.6 Å². The van der Waals surface area contributed by atoms with Gasteiger partial charge < -0.3 is 19.9 Å². The van der Waals surface area contributed by atoms with E-state index in [-0.39, 0.29) is 28.8 Å². The van der Waals surface area contributed by atoms with Crippen LogP contribution in [0, 0.1) is 11.7 Å². The summed E-state index contributed by atoms with van der Waals surface area (Å²) in [5.41, 5.74) is 3.20. The number of aromatic nitrogens is 2. The molecule has 3 heterocycles. The van der Waals surface area contributed by atoms with Crippen molar-refractivity contribution in [2.45, 2.75) is 45.1 Å². The lowest BCUT2D eigenvalue weighted by Crippen LogP contribution is -2.37. The molecule has 2 aliphatic heterocycles. The lowest BCUT2D eigenvalue weighted by Gasteiger charge is -2.34. The summed E-state index contributed by atoms with van der Waals surface area (Å²) < 4.78 is 20.1. The molecular formula is C30H30BrClFN5O4. The molecule has 220 valence electrons. The van der Waals surface area contributed by atoms with Crippen molar-refractivity contribution in [1.82, 2.24) is 14.9 Å². The maximum atomic E-state index is 14.9. The molecule has 5 rings (SSSR count). The van der Waals surface area contributed by atoms with E-state index >= 15 is 0 Å². The molecule has 0 spiro atoms. The number of anilines is 2. The number of aromatic amines is 1. The number of rotatable bonds is 3. The van der Waals surface area contributed by atoms with E-state index in [1.165, 1.54) is 19.3 Å². The Hall–Kier alpha value is -3.70. The molecule has 3 amide bonds. The smallest absolute Gasteiger partial charge is 0.411 e. The molecule has 0 radical (unpaired) electrons. The van der Waals surface area contributed by atoms with Gasteiger partial charge in [-0.2, -0.15) is 0 Å². The van der Waals surface area contributed by atoms with Crippen molar-refractivity contribution >= 4 is 62.4 Å². The number of methoxy groups -OCH3 is 1. The van der Waals surface area contributed by atoms with Gasteiger partial charge in [0, 0.05) is 39.8 Å². The fourth-order valence-corrected chi connectivity index (χ4v) is 6.10. The molecule has 42 heavy (non-hydrogen) atoms. The summed E-state index contributed by atoms with van der Waals surface area (Å²) in [5.74, 6) is -0.671. The SMILES string of the molecule is COC(=O)Nc1ccc2c(c1)NC(=O)[C@H](C)CCCC[C@H](N1CCC(c3c(Br)ccc(Cl)c3F)=CC1=O)c1cnc-2[nH]1. The Morgan fingerprint density at radius 3 is 2.76 bits per heavy atom. The third-order valence-corrected chi connectivity index (χ3v) is 8.63. The van der Waals surface area contributed by atoms with Crippen molar-refractivity contribution in [2.75, 3.05) is 24.3 Å². The summed E-state index contributed by atoms with van der Waals surface area (Å²) in [6.45, 7) is 2.26. The number of hydrogen-bond donors (Lipinski definition) is 3. The highest BCUT2D eigenvalue weighted by Crippen LogP contribution is 2.38. The molecule has 0 unspecified atom stereocenters. The van der Waals surface area contributed by atoms with Crippen molar-refractivity contribution in [3.63, 3.8) is 0 Å². The molecule has 2 aromatic carbocycles. The molecule has 2 bridgehead atoms. The van der Waals surface area contributed by atoms with Crippen LogP contribution in [0.15, 0.2) is 47.1 Å². The Morgan fingerprint density at radius 1 is 1.21 bits per heavy atom. The third kappa shape index (κ3) is 6.22. The van der Waals surface area contributed by atoms with Crippen LogP contribution in [0.2, 0.25) is 5.02 Å². The first-order chi connectivity index (χ1) is 20.2. The minimum absolute atomic E-state index is 0.000109. The summed E-state index contributed by atoms with van der Waals surface area (Å²) in [6.07, 6.45) is 5.91. The zero-order chi connectivity index (χ0) is 30.0. The first kappa shape index (κ1) is 29.8. The molecule has 3 N–H and O–H groups in total. The van der Waals surface area contributed by atoms with E-state index in [1.807, 2.05) is 6.92 Å². The molecule has 1 aromatic heterocycles. The number of nitrogens with one attached hydrogen (secondary N) is 3. The number of imidazole rings is 1. The second kappa shape index (κ2) is 12.7. The molecule has 0 saturated heterocycles. The van der Waals surface area contributed by atoms with Gasteiger partial charge in [0.1, 0.15) is 11.6 Å². The van der Waals surface area contributed by atoms with Crippen LogP contribution in [-0.2, 0) is 14.3 Å². The number of nitrogens with zero attached hydrogens (tertiary/aromatic N) is 2. The Morgan fingerprint density at radius 2 is 2.00 bits per heavy atom. The first-order valence-corrected chi connectivity index (χ1v) is 14.8. The number of H-pyrrole nitrogens is 1. The highest BCUT2D eigenvalue weighted by molar-refractivity contribution is 9.10. The topological polar surface area (TPSA) is 116 Å². The maximum Gasteiger partial charge on any atom is 0.411 e. The van der Waals surface area contributed by atoms with Gasteiger partial charge in [-0.25, -0.2) is 14.2 Å². The van der Waals surface area contributed by atoms with Crippen LogP contribution >= 0.6 is 27.5 Å². The minimum atomic E-state index is -0.628. The minimum Gasteiger partial charge on any atom is -0.453 e. The lowest BCUT2D eigenvalue weighted by molar-refractivity contribution is -0.129. The molecule has 0 aliphatic carbocycles. The van der Waals surface area contributed by atoms with E-state index in [9.17, 15) is 18.8 Å². The summed E-state index contributed by atoms with van der Waals surface area (Å²) in [6, 6.07) is 7.95. The normalized spacial score (nSPS) is 19.5. The molecule has 0 fully saturated rings. The zero-order valence-corrected chi connectivity index (χ0v) is 25.4. The third-order valence-electron chi connectivity index (χ3n) is 7.68. The number of hydrogen-bond acceptors (Lipinski definition) is 5. The van der Waals surface area contributed by atoms with Gasteiger partial charge in [0.2, 0.25) is 11.8 Å². The molecular weight excluding hydrogens is 629 g/mol. The van der Waals surface area contributed by atoms with Crippen LogP contribution in [-0.4, -0.2) is 46.4 Å². The van der Waals surface area contributed by atoms with Crippen molar-refractivity contribution in [2.24, 2.45) is 5.92 Å². The Balaban J connectivity index is 1.49. The van der Waals surface area contributed by atoms with Gasteiger partial charge in [0.15, 0.2) is 0 Å². The average Bonchev–Trinajstić information content (AvgIpc) is 3.45. The lowest BCUT2D eigenvalue weighted by atomic mass is 9.95. The number of benzene rings is 2. The van der Waals surface area contributed by atoms with Gasteiger partial charge in [-0.15, -0.1) is 0 Å². The van der Waals surface area contributed by atoms with E-state index in [0.717, 1.165) is 18.5 Å². The maximum absolute atomic E-state index is 14.9. The fourth-order valence-electron chi connectivity index (χ4n) is 5.38. The number of ether oxygens (including phenoxy) is 1. The largest absolute Gasteiger partial charge is 0.453 e. The Bertz CT molecular complexity index is 1570. The van der Waals surface area contributed by atoms with Crippen molar-refractivity contribution in [1.29, 1.82) is 0 Å². The summed E-state index contributed by atoms with van der Waals surface area (Å²) in [5, 5.41) is 5.61. The van der Waals surface area contributed by atoms with Crippen LogP contribution in [0.25, 0.3) is 17.0 Å². The quantitative estimate of drug-likeness (QED) is 0.255. The highest BCUT2D eigenvalue weighted by atomic mass is 79.9. The first-order valence-electron chi connectivity index (χ1n) is 13.7. The molecule has 9 nitrogen and oxygen atoms in total. The predicted molar refractivity (Wildman–Crippen MR) is 162 cm³/mol. The average molecular weight is 659 g/mol. The van der Waals surface area contributed by atoms with Gasteiger partial charge in [-0.3, -0.25) is 14.9 Å². The van der Waals surface area contributed by atoms with Crippen LogP contribution in [0.4, 0.5) is 20.6 Å². The number of amides is 3. The van der Waals surface area contributed by atoms with Gasteiger partial charge in [-0.1, -0.05) is 47.3 Å². The number of halogens is 3. The van der Waals surface area contributed by atoms with Crippen molar-refractivity contribution < 1.29 is 23.5 Å². The predicted octanol–water partition coefficient (Wildman–Crippen LogP) is 7.32. The standard InChI is InChI=1S/C30H30BrClFN5O4/c1-16-5-3-4-6-24(38-12-11-17(13-25(38)39)26-20(31)9-10-21(32)27(26)33)23-15-34-28(36-23)19-8-7-18(35-30(41)42-2)14-22(19)37-29(16)40/h7-10,13-16,24H,3-6,11-12H2,1-2H3,(H,34,36)(H,35,41)(H,37,40)/t16-,24+/m1/s1. The molecule has 12 heteroatoms. The Labute approximate surface area is 256 Å². The number of carbonyl (C=O) groups excluding carboxylic acids is 3. The van der Waals surface area contributed by atoms with E-state index in [2.05, 4.69) is 36.5 Å². The van der Waals surface area contributed by atoms with Crippen LogP contribution in [0.5, 0.6) is 0 Å². The van der Waals surface area contributed by atoms with Gasteiger partial charge in [-0.05, 0) is 55.2 Å². The van der Waals surface area contributed by atoms with Gasteiger partial charge >= 0.3 is 6.09 Å². The van der Waals surface area contributed by atoms with E-state index in [4.69, 9.17) is 16.3 Å². The second-order valence-corrected chi connectivity index (χ2v) is 11.7. The molecule has 2 atom stereocenters. The van der Waals surface area contributed by atoms with Crippen LogP contribution in [0.3, 0.4) is 0 Å². The van der Waals surface area contributed by atoms with E-state index in [0.29, 0.717) is 64.2 Å². The highest BCUT2D eigenvalue weighted by Gasteiger charge is 2.31. The van der Waals surface area contributed by atoms with Crippen molar-refractivity contribution in [3.8, 4) is 11.4 Å². The second-order valence-electron chi connectivity index (χ2n) is 10.4. The van der Waals surface area contributed by atoms with E-state index < -0.39 is 11.9 Å². The number of fused-ring (bicyclic) bond motifs is 4. The summed E-state index contributed by atoms with van der Waals surface area (Å²) in [4.78, 5) is 48.1. The van der Waals surface area contributed by atoms with E-state index in [1.54, 1.807) is 35.4 Å². The monoisotopic (exact) mass is 657 g/mol. The fraction of sp³-hybridized carbons (Fsp3) is 0.333. The van der Waals surface area contributed by atoms with Gasteiger partial charge in [0.25, 0.3) is 0 Å². The summed E-state index contributed by atoms with van der Waals surface area (Å²) in [7, 11) is 1.27. The number of carbonyl (C=O) groups is 3. The molecule has 0 saturated carbocycles. The zero-order valence-electron chi connectivity index (χ0n) is 23.1. The van der Waals surface area contributed by atoms with Gasteiger partial charge in [0.05, 0.1) is 35.8 Å². The Kier molecular flexibility index (Phi) is 8.98.